The number of hydrogen-bond acceptors (Lipinski definition) is 1. The molecule has 0 aliphatic heterocycles. The van der Waals surface area contributed by atoms with E-state index in [-0.39, 0.29) is 5.82 Å². The number of rotatable bonds is 9. The first-order chi connectivity index (χ1) is 14.6. The van der Waals surface area contributed by atoms with Crippen molar-refractivity contribution in [3.05, 3.63) is 83.3 Å². The lowest BCUT2D eigenvalue weighted by atomic mass is 9.93. The van der Waals surface area contributed by atoms with Crippen molar-refractivity contribution in [1.82, 2.24) is 4.98 Å². The Morgan fingerprint density at radius 1 is 0.967 bits per heavy atom. The number of aryl methyl sites for hydroxylation is 2. The summed E-state index contributed by atoms with van der Waals surface area (Å²) < 4.78 is 14.7. The second-order valence-electron chi connectivity index (χ2n) is 7.98. The molecule has 0 amide bonds. The molecule has 0 radical (unpaired) electrons. The summed E-state index contributed by atoms with van der Waals surface area (Å²) in [6.45, 7) is 10.0. The number of halogens is 1. The summed E-state index contributed by atoms with van der Waals surface area (Å²) in [4.78, 5) is 4.82. The molecule has 1 aromatic heterocycles. The van der Waals surface area contributed by atoms with E-state index in [2.05, 4.69) is 49.9 Å². The van der Waals surface area contributed by atoms with Gasteiger partial charge in [0.15, 0.2) is 0 Å². The van der Waals surface area contributed by atoms with Gasteiger partial charge >= 0.3 is 0 Å². The standard InChI is InChI=1S/C28H32FN/c1-5-8-9-10-11-22-17-26(23-14-12-21(6-2)13-15-23)28(30-19-22)24-16-20(4)25(7-3)27(29)18-24/h6,12-19H,2,5,7-11H2,1,3-4H3. The second-order valence-corrected chi connectivity index (χ2v) is 7.98. The molecule has 1 nitrogen and oxygen atoms in total. The highest BCUT2D eigenvalue weighted by Gasteiger charge is 2.14. The lowest BCUT2D eigenvalue weighted by Crippen LogP contribution is -1.98. The number of nitrogens with zero attached hydrogens (tertiary/aromatic N) is 1. The van der Waals surface area contributed by atoms with Gasteiger partial charge in [0, 0.05) is 17.3 Å². The molecule has 0 spiro atoms. The molecule has 2 aromatic carbocycles. The van der Waals surface area contributed by atoms with Gasteiger partial charge in [0.2, 0.25) is 0 Å². The molecular formula is C28H32FN. The molecular weight excluding hydrogens is 369 g/mol. The average Bonchev–Trinajstić information content (AvgIpc) is 2.76. The van der Waals surface area contributed by atoms with Gasteiger partial charge in [-0.25, -0.2) is 4.39 Å². The first-order valence-corrected chi connectivity index (χ1v) is 11.1. The molecule has 3 rings (SSSR count). The van der Waals surface area contributed by atoms with Crippen LogP contribution in [0.1, 0.15) is 61.8 Å². The van der Waals surface area contributed by atoms with Crippen molar-refractivity contribution in [3.8, 4) is 22.4 Å². The predicted octanol–water partition coefficient (Wildman–Crippen LogP) is 8.19. The molecule has 1 heterocycles. The zero-order valence-corrected chi connectivity index (χ0v) is 18.5. The van der Waals surface area contributed by atoms with Crippen LogP contribution in [0.3, 0.4) is 0 Å². The van der Waals surface area contributed by atoms with Gasteiger partial charge in [-0.05, 0) is 72.2 Å². The van der Waals surface area contributed by atoms with E-state index in [9.17, 15) is 4.39 Å². The van der Waals surface area contributed by atoms with Gasteiger partial charge < -0.3 is 0 Å². The zero-order valence-electron chi connectivity index (χ0n) is 18.5. The van der Waals surface area contributed by atoms with Gasteiger partial charge in [0.1, 0.15) is 5.82 Å². The molecule has 0 bridgehead atoms. The van der Waals surface area contributed by atoms with Crippen LogP contribution in [0.5, 0.6) is 0 Å². The van der Waals surface area contributed by atoms with Crippen LogP contribution >= 0.6 is 0 Å². The first-order valence-electron chi connectivity index (χ1n) is 11.1. The fourth-order valence-corrected chi connectivity index (χ4v) is 4.01. The third kappa shape index (κ3) is 5.05. The maximum absolute atomic E-state index is 14.7. The van der Waals surface area contributed by atoms with Gasteiger partial charge in [-0.2, -0.15) is 0 Å². The lowest BCUT2D eigenvalue weighted by Gasteiger charge is -2.14. The van der Waals surface area contributed by atoms with Crippen LogP contribution < -0.4 is 0 Å². The zero-order chi connectivity index (χ0) is 21.5. The maximum Gasteiger partial charge on any atom is 0.127 e. The smallest absolute Gasteiger partial charge is 0.127 e. The molecule has 2 heteroatoms. The SMILES string of the molecule is C=Cc1ccc(-c2cc(CCCCCC)cnc2-c2cc(C)c(CC)c(F)c2)cc1. The van der Waals surface area contributed by atoms with E-state index in [1.807, 2.05) is 26.1 Å². The van der Waals surface area contributed by atoms with Crippen molar-refractivity contribution >= 4 is 6.08 Å². The molecule has 0 saturated carbocycles. The number of unbranched alkanes of at least 4 members (excludes halogenated alkanes) is 3. The van der Waals surface area contributed by atoms with Gasteiger partial charge in [-0.1, -0.05) is 70.0 Å². The Morgan fingerprint density at radius 3 is 2.37 bits per heavy atom. The molecule has 0 aliphatic carbocycles. The summed E-state index contributed by atoms with van der Waals surface area (Å²) in [6, 6.07) is 14.3. The van der Waals surface area contributed by atoms with Gasteiger partial charge in [0.25, 0.3) is 0 Å². The van der Waals surface area contributed by atoms with Gasteiger partial charge in [0.05, 0.1) is 5.69 Å². The van der Waals surface area contributed by atoms with Gasteiger partial charge in [-0.3, -0.25) is 4.98 Å². The van der Waals surface area contributed by atoms with Crippen LogP contribution in [-0.2, 0) is 12.8 Å². The largest absolute Gasteiger partial charge is 0.255 e. The van der Waals surface area contributed by atoms with Crippen molar-refractivity contribution in [2.24, 2.45) is 0 Å². The minimum Gasteiger partial charge on any atom is -0.255 e. The van der Waals surface area contributed by atoms with Crippen molar-refractivity contribution in [2.75, 3.05) is 0 Å². The predicted molar refractivity (Wildman–Crippen MR) is 127 cm³/mol. The highest BCUT2D eigenvalue weighted by Crippen LogP contribution is 2.33. The molecule has 3 aromatic rings. The summed E-state index contributed by atoms with van der Waals surface area (Å²) in [5.41, 5.74) is 7.90. The number of pyridine rings is 1. The normalized spacial score (nSPS) is 10.9. The molecule has 0 N–H and O–H groups in total. The van der Waals surface area contributed by atoms with Crippen LogP contribution in [0.4, 0.5) is 4.39 Å². The van der Waals surface area contributed by atoms with E-state index in [1.165, 1.54) is 31.2 Å². The van der Waals surface area contributed by atoms with Crippen molar-refractivity contribution < 1.29 is 4.39 Å². The topological polar surface area (TPSA) is 12.9 Å². The number of aromatic nitrogens is 1. The summed E-state index contributed by atoms with van der Waals surface area (Å²) in [5, 5.41) is 0. The van der Waals surface area contributed by atoms with E-state index < -0.39 is 0 Å². The molecule has 0 fully saturated rings. The van der Waals surface area contributed by atoms with Crippen LogP contribution in [0.15, 0.2) is 55.2 Å². The van der Waals surface area contributed by atoms with Crippen LogP contribution in [0.25, 0.3) is 28.5 Å². The minimum atomic E-state index is -0.147. The maximum atomic E-state index is 14.7. The highest BCUT2D eigenvalue weighted by molar-refractivity contribution is 5.82. The third-order valence-electron chi connectivity index (χ3n) is 5.77. The highest BCUT2D eigenvalue weighted by atomic mass is 19.1. The summed E-state index contributed by atoms with van der Waals surface area (Å²) >= 11 is 0. The molecule has 156 valence electrons. The number of benzene rings is 2. The summed E-state index contributed by atoms with van der Waals surface area (Å²) in [7, 11) is 0. The van der Waals surface area contributed by atoms with Crippen molar-refractivity contribution in [1.29, 1.82) is 0 Å². The van der Waals surface area contributed by atoms with Crippen LogP contribution in [-0.4, -0.2) is 4.98 Å². The molecule has 30 heavy (non-hydrogen) atoms. The van der Waals surface area contributed by atoms with Crippen molar-refractivity contribution in [2.45, 2.75) is 59.3 Å². The van der Waals surface area contributed by atoms with E-state index in [0.29, 0.717) is 6.42 Å². The molecule has 0 atom stereocenters. The Bertz CT molecular complexity index is 979. The van der Waals surface area contributed by atoms with E-state index in [0.717, 1.165) is 45.5 Å². The minimum absolute atomic E-state index is 0.147. The molecule has 0 aliphatic rings. The van der Waals surface area contributed by atoms with Crippen molar-refractivity contribution in [3.63, 3.8) is 0 Å². The quantitative estimate of drug-likeness (QED) is 0.329. The first kappa shape index (κ1) is 22.0. The van der Waals surface area contributed by atoms with E-state index in [1.54, 1.807) is 6.07 Å². The lowest BCUT2D eigenvalue weighted by molar-refractivity contribution is 0.611. The molecule has 0 saturated heterocycles. The monoisotopic (exact) mass is 401 g/mol. The fourth-order valence-electron chi connectivity index (χ4n) is 4.01. The summed E-state index contributed by atoms with van der Waals surface area (Å²) in [6.07, 6.45) is 10.4. The van der Waals surface area contributed by atoms with Crippen LogP contribution in [0, 0.1) is 12.7 Å². The fraction of sp³-hybridized carbons (Fsp3) is 0.321. The second kappa shape index (κ2) is 10.3. The average molecular weight is 402 g/mol. The molecule has 0 unspecified atom stereocenters. The Hall–Kier alpha value is -2.74. The van der Waals surface area contributed by atoms with Gasteiger partial charge in [-0.15, -0.1) is 0 Å². The Labute approximate surface area is 180 Å². The summed E-state index contributed by atoms with van der Waals surface area (Å²) in [5.74, 6) is -0.147. The Morgan fingerprint density at radius 2 is 1.73 bits per heavy atom. The van der Waals surface area contributed by atoms with Crippen LogP contribution in [0.2, 0.25) is 0 Å². The Balaban J connectivity index is 2.06. The third-order valence-corrected chi connectivity index (χ3v) is 5.77. The number of hydrogen-bond donors (Lipinski definition) is 0. The van der Waals surface area contributed by atoms with E-state index in [4.69, 9.17) is 4.98 Å². The Kier molecular flexibility index (Phi) is 7.57. The van der Waals surface area contributed by atoms with E-state index >= 15 is 0 Å².